The van der Waals surface area contributed by atoms with E-state index in [-0.39, 0.29) is 30.9 Å². The fraction of sp³-hybridized carbons (Fsp3) is 0.368. The van der Waals surface area contributed by atoms with Crippen molar-refractivity contribution in [1.29, 1.82) is 0 Å². The van der Waals surface area contributed by atoms with E-state index < -0.39 is 5.67 Å². The summed E-state index contributed by atoms with van der Waals surface area (Å²) in [6.07, 6.45) is 1.03. The lowest BCUT2D eigenvalue weighted by molar-refractivity contribution is 0.0490. The Hall–Kier alpha value is -1.49. The molecule has 1 aliphatic rings. The number of hydrogen-bond acceptors (Lipinski definition) is 3. The smallest absolute Gasteiger partial charge is 0.127 e. The molecule has 1 fully saturated rings. The van der Waals surface area contributed by atoms with Crippen LogP contribution in [-0.4, -0.2) is 18.8 Å². The predicted octanol–water partition coefficient (Wildman–Crippen LogP) is 4.71. The number of benzene rings is 2. The summed E-state index contributed by atoms with van der Waals surface area (Å²) in [4.78, 5) is 0. The maximum Gasteiger partial charge on any atom is 0.127 e. The molecule has 0 radical (unpaired) electrons. The van der Waals surface area contributed by atoms with Gasteiger partial charge < -0.3 is 15.8 Å². The van der Waals surface area contributed by atoms with Gasteiger partial charge in [-0.2, -0.15) is 0 Å². The molecular formula is C19H25Cl2FN2O. The molecule has 0 aliphatic carbocycles. The van der Waals surface area contributed by atoms with Crippen molar-refractivity contribution in [1.82, 2.24) is 5.32 Å². The van der Waals surface area contributed by atoms with Crippen molar-refractivity contribution < 1.29 is 9.13 Å². The van der Waals surface area contributed by atoms with Crippen molar-refractivity contribution in [3.63, 3.8) is 0 Å². The first-order valence-corrected chi connectivity index (χ1v) is 8.11. The van der Waals surface area contributed by atoms with Gasteiger partial charge in [-0.25, -0.2) is 4.39 Å². The molecule has 25 heavy (non-hydrogen) atoms. The van der Waals surface area contributed by atoms with Crippen molar-refractivity contribution in [2.75, 3.05) is 18.8 Å². The molecule has 0 spiro atoms. The summed E-state index contributed by atoms with van der Waals surface area (Å²) in [7, 11) is 0. The van der Waals surface area contributed by atoms with E-state index in [2.05, 4.69) is 5.32 Å². The van der Waals surface area contributed by atoms with Gasteiger partial charge in [0.15, 0.2) is 0 Å². The van der Waals surface area contributed by atoms with Crippen molar-refractivity contribution in [3.8, 4) is 5.75 Å². The van der Waals surface area contributed by atoms with Gasteiger partial charge >= 0.3 is 0 Å². The van der Waals surface area contributed by atoms with Crippen LogP contribution in [0.25, 0.3) is 0 Å². The van der Waals surface area contributed by atoms with Crippen LogP contribution in [-0.2, 0) is 0 Å². The first-order chi connectivity index (χ1) is 11.1. The van der Waals surface area contributed by atoms with Gasteiger partial charge in [-0.05, 0) is 55.8 Å². The van der Waals surface area contributed by atoms with E-state index in [9.17, 15) is 0 Å². The lowest BCUT2D eigenvalue weighted by atomic mass is 9.86. The molecule has 2 aromatic rings. The Bertz CT molecular complexity index is 636. The van der Waals surface area contributed by atoms with E-state index >= 15 is 4.39 Å². The Kier molecular flexibility index (Phi) is 8.50. The molecule has 3 N–H and O–H groups in total. The maximum atomic E-state index is 15.2. The zero-order valence-electron chi connectivity index (χ0n) is 14.0. The molecule has 138 valence electrons. The monoisotopic (exact) mass is 386 g/mol. The second kappa shape index (κ2) is 9.85. The van der Waals surface area contributed by atoms with Gasteiger partial charge in [0.05, 0.1) is 0 Å². The number of halogens is 3. The Morgan fingerprint density at radius 2 is 1.72 bits per heavy atom. The summed E-state index contributed by atoms with van der Waals surface area (Å²) in [5.41, 5.74) is 6.29. The summed E-state index contributed by atoms with van der Waals surface area (Å²) >= 11 is 0. The Morgan fingerprint density at radius 1 is 1.04 bits per heavy atom. The molecule has 0 amide bonds. The van der Waals surface area contributed by atoms with Crippen LogP contribution in [0.4, 0.5) is 10.1 Å². The molecule has 1 unspecified atom stereocenters. The second-order valence-corrected chi connectivity index (χ2v) is 6.19. The molecular weight excluding hydrogens is 362 g/mol. The third kappa shape index (κ3) is 6.07. The largest absolute Gasteiger partial charge is 0.486 e. The highest BCUT2D eigenvalue weighted by Gasteiger charge is 2.35. The van der Waals surface area contributed by atoms with Crippen LogP contribution >= 0.6 is 24.8 Å². The molecule has 1 aliphatic heterocycles. The zero-order chi connectivity index (χ0) is 16.1. The van der Waals surface area contributed by atoms with E-state index in [1.807, 2.05) is 54.6 Å². The van der Waals surface area contributed by atoms with Crippen molar-refractivity contribution in [2.24, 2.45) is 0 Å². The quantitative estimate of drug-likeness (QED) is 0.731. The third-order valence-electron chi connectivity index (χ3n) is 4.35. The van der Waals surface area contributed by atoms with Crippen LogP contribution in [0.1, 0.15) is 30.9 Å². The molecule has 0 bridgehead atoms. The molecule has 3 rings (SSSR count). The topological polar surface area (TPSA) is 47.3 Å². The molecule has 1 atom stereocenters. The number of alkyl halides is 1. The number of hydrogen-bond donors (Lipinski definition) is 2. The number of piperidine rings is 1. The summed E-state index contributed by atoms with van der Waals surface area (Å²) in [6.45, 7) is 1.43. The fourth-order valence-corrected chi connectivity index (χ4v) is 3.06. The summed E-state index contributed by atoms with van der Waals surface area (Å²) in [6, 6.07) is 17.1. The molecule has 3 nitrogen and oxygen atoms in total. The SMILES string of the molecule is Cl.Cl.Nc1cccc(C(CC2(F)CCNCC2)Oc2ccccc2)c1. The third-order valence-corrected chi connectivity index (χ3v) is 4.35. The molecule has 0 aromatic heterocycles. The summed E-state index contributed by atoms with van der Waals surface area (Å²) < 4.78 is 21.3. The van der Waals surface area contributed by atoms with E-state index in [1.165, 1.54) is 0 Å². The normalized spacial score (nSPS) is 16.8. The molecule has 0 saturated carbocycles. The summed E-state index contributed by atoms with van der Waals surface area (Å²) in [5, 5.41) is 3.21. The van der Waals surface area contributed by atoms with E-state index in [1.54, 1.807) is 0 Å². The van der Waals surface area contributed by atoms with Crippen LogP contribution in [0.5, 0.6) is 5.75 Å². The molecule has 6 heteroatoms. The standard InChI is InChI=1S/C19H23FN2O.2ClH/c20-19(9-11-22-12-10-19)14-18(15-5-4-6-16(21)13-15)23-17-7-2-1-3-8-17;;/h1-8,13,18,22H,9-12,14,21H2;2*1H. The average molecular weight is 387 g/mol. The molecule has 1 heterocycles. The first-order valence-electron chi connectivity index (χ1n) is 8.11. The average Bonchev–Trinajstić information content (AvgIpc) is 2.56. The van der Waals surface area contributed by atoms with Crippen LogP contribution < -0.4 is 15.8 Å². The predicted molar refractivity (Wildman–Crippen MR) is 106 cm³/mol. The van der Waals surface area contributed by atoms with Gasteiger partial charge in [-0.1, -0.05) is 30.3 Å². The van der Waals surface area contributed by atoms with Crippen molar-refractivity contribution in [3.05, 3.63) is 60.2 Å². The minimum atomic E-state index is -1.20. The Balaban J connectivity index is 0.00000156. The van der Waals surface area contributed by atoms with Gasteiger partial charge in [0.25, 0.3) is 0 Å². The number of para-hydroxylation sites is 1. The Labute approximate surface area is 161 Å². The highest BCUT2D eigenvalue weighted by atomic mass is 35.5. The van der Waals surface area contributed by atoms with Crippen LogP contribution in [0, 0.1) is 0 Å². The number of ether oxygens (including phenoxy) is 1. The van der Waals surface area contributed by atoms with Gasteiger partial charge in [-0.3, -0.25) is 0 Å². The number of rotatable bonds is 5. The van der Waals surface area contributed by atoms with E-state index in [0.29, 0.717) is 38.0 Å². The maximum absolute atomic E-state index is 15.2. The van der Waals surface area contributed by atoms with Gasteiger partial charge in [0.2, 0.25) is 0 Å². The zero-order valence-corrected chi connectivity index (χ0v) is 15.6. The number of nitrogens with two attached hydrogens (primary N) is 1. The van der Waals surface area contributed by atoms with Crippen molar-refractivity contribution in [2.45, 2.75) is 31.0 Å². The van der Waals surface area contributed by atoms with Crippen LogP contribution in [0.2, 0.25) is 0 Å². The number of anilines is 1. The van der Waals surface area contributed by atoms with Gasteiger partial charge in [0, 0.05) is 12.1 Å². The Morgan fingerprint density at radius 3 is 2.36 bits per heavy atom. The second-order valence-electron chi connectivity index (χ2n) is 6.19. The van der Waals surface area contributed by atoms with Crippen molar-refractivity contribution >= 4 is 30.5 Å². The first kappa shape index (κ1) is 21.6. The van der Waals surface area contributed by atoms with E-state index in [4.69, 9.17) is 10.5 Å². The highest BCUT2D eigenvalue weighted by Crippen LogP contribution is 2.36. The molecule has 1 saturated heterocycles. The summed E-state index contributed by atoms with van der Waals surface area (Å²) in [5.74, 6) is 0.748. The fourth-order valence-electron chi connectivity index (χ4n) is 3.06. The minimum absolute atomic E-state index is 0. The molecule has 2 aromatic carbocycles. The minimum Gasteiger partial charge on any atom is -0.486 e. The lowest BCUT2D eigenvalue weighted by Crippen LogP contribution is -2.40. The number of nitrogens with one attached hydrogen (secondary N) is 1. The lowest BCUT2D eigenvalue weighted by Gasteiger charge is -2.33. The number of nitrogen functional groups attached to an aromatic ring is 1. The van der Waals surface area contributed by atoms with Crippen LogP contribution in [0.3, 0.4) is 0 Å². The van der Waals surface area contributed by atoms with E-state index in [0.717, 1.165) is 11.3 Å². The van der Waals surface area contributed by atoms with Gasteiger partial charge in [0.1, 0.15) is 17.5 Å². The highest BCUT2D eigenvalue weighted by molar-refractivity contribution is 5.85. The van der Waals surface area contributed by atoms with Crippen LogP contribution in [0.15, 0.2) is 54.6 Å². The van der Waals surface area contributed by atoms with Gasteiger partial charge in [-0.15, -0.1) is 24.8 Å².